The summed E-state index contributed by atoms with van der Waals surface area (Å²) in [5.41, 5.74) is 4.59. The van der Waals surface area contributed by atoms with Crippen LogP contribution in [0.4, 0.5) is 0 Å². The number of carbonyl (C=O) groups excluding carboxylic acids is 1. The van der Waals surface area contributed by atoms with Gasteiger partial charge in [0.1, 0.15) is 5.75 Å². The number of hydrogen-bond acceptors (Lipinski definition) is 3. The van der Waals surface area contributed by atoms with Gasteiger partial charge in [-0.05, 0) is 105 Å². The molecule has 2 aromatic carbocycles. The van der Waals surface area contributed by atoms with Crippen LogP contribution in [0.25, 0.3) is 17.0 Å². The molecule has 4 saturated heterocycles. The molecular weight excluding hydrogens is 458 g/mol. The number of nitrogens with zero attached hydrogens (tertiary/aromatic N) is 3. The Bertz CT molecular complexity index is 1340. The van der Waals surface area contributed by atoms with E-state index in [4.69, 9.17) is 4.74 Å². The largest absolute Gasteiger partial charge is 0.497 e. The number of carbonyl (C=O) groups is 1. The van der Waals surface area contributed by atoms with Crippen molar-refractivity contribution in [3.8, 4) is 5.75 Å². The van der Waals surface area contributed by atoms with Crippen molar-refractivity contribution in [1.82, 2.24) is 14.4 Å². The molecule has 0 radical (unpaired) electrons. The number of fused-ring (bicyclic) bond motifs is 3. The fourth-order valence-corrected chi connectivity index (χ4v) is 7.95. The monoisotopic (exact) mass is 495 g/mol. The van der Waals surface area contributed by atoms with Gasteiger partial charge in [-0.25, -0.2) is 0 Å². The Morgan fingerprint density at radius 1 is 1.00 bits per heavy atom. The van der Waals surface area contributed by atoms with Crippen molar-refractivity contribution in [1.29, 1.82) is 0 Å². The van der Waals surface area contributed by atoms with Crippen LogP contribution in [0.15, 0.2) is 60.3 Å². The molecule has 3 aromatic rings. The normalized spacial score (nSPS) is 28.8. The predicted octanol–water partition coefficient (Wildman–Crippen LogP) is 5.58. The molecule has 5 heteroatoms. The average Bonchev–Trinajstić information content (AvgIpc) is 3.35. The van der Waals surface area contributed by atoms with Crippen LogP contribution in [0.3, 0.4) is 0 Å². The maximum atomic E-state index is 13.9. The van der Waals surface area contributed by atoms with Crippen LogP contribution in [0.5, 0.6) is 5.75 Å². The van der Waals surface area contributed by atoms with Crippen LogP contribution in [0, 0.1) is 11.8 Å². The summed E-state index contributed by atoms with van der Waals surface area (Å²) in [7, 11) is 1.70. The molecule has 37 heavy (non-hydrogen) atoms. The maximum absolute atomic E-state index is 13.9. The Balaban J connectivity index is 1.15. The van der Waals surface area contributed by atoms with E-state index >= 15 is 0 Å². The first-order chi connectivity index (χ1) is 18.2. The Morgan fingerprint density at radius 3 is 2.68 bits per heavy atom. The SMILES string of the molecule is COc1ccc(Cn2ccc3c(/C=C4\CC[C@@H]5[C@H]6CCCN7CCC[C@@H](CN5C4=O)[C@@H]67)cccc32)cc1. The van der Waals surface area contributed by atoms with Gasteiger partial charge in [0.2, 0.25) is 5.91 Å². The van der Waals surface area contributed by atoms with Crippen LogP contribution in [0.2, 0.25) is 0 Å². The lowest BCUT2D eigenvalue weighted by atomic mass is 9.67. The molecule has 7 rings (SSSR count). The number of benzene rings is 2. The minimum absolute atomic E-state index is 0.298. The molecule has 5 nitrogen and oxygen atoms in total. The third-order valence-electron chi connectivity index (χ3n) is 9.61. The minimum Gasteiger partial charge on any atom is -0.497 e. The van der Waals surface area contributed by atoms with Crippen molar-refractivity contribution in [2.24, 2.45) is 11.8 Å². The van der Waals surface area contributed by atoms with E-state index in [0.717, 1.165) is 48.9 Å². The van der Waals surface area contributed by atoms with E-state index in [0.29, 0.717) is 23.8 Å². The highest BCUT2D eigenvalue weighted by Gasteiger charge is 2.51. The van der Waals surface area contributed by atoms with Gasteiger partial charge in [-0.2, -0.15) is 0 Å². The van der Waals surface area contributed by atoms with Gasteiger partial charge in [0.15, 0.2) is 0 Å². The summed E-state index contributed by atoms with van der Waals surface area (Å²) in [6.07, 6.45) is 11.5. The zero-order valence-electron chi connectivity index (χ0n) is 21.8. The molecule has 0 aliphatic carbocycles. The third-order valence-corrected chi connectivity index (χ3v) is 9.61. The molecule has 0 spiro atoms. The lowest BCUT2D eigenvalue weighted by Crippen LogP contribution is -2.66. The fourth-order valence-electron chi connectivity index (χ4n) is 7.95. The maximum Gasteiger partial charge on any atom is 0.250 e. The lowest BCUT2D eigenvalue weighted by Gasteiger charge is -2.58. The van der Waals surface area contributed by atoms with Gasteiger partial charge < -0.3 is 14.2 Å². The molecule has 5 heterocycles. The first-order valence-corrected chi connectivity index (χ1v) is 14.2. The van der Waals surface area contributed by atoms with Gasteiger partial charge in [0.05, 0.1) is 7.11 Å². The Kier molecular flexibility index (Phi) is 5.84. The summed E-state index contributed by atoms with van der Waals surface area (Å²) >= 11 is 0. The van der Waals surface area contributed by atoms with Gasteiger partial charge >= 0.3 is 0 Å². The third kappa shape index (κ3) is 3.99. The molecular formula is C32H37N3O2. The molecule has 0 unspecified atom stereocenters. The van der Waals surface area contributed by atoms with E-state index in [-0.39, 0.29) is 0 Å². The standard InChI is InChI=1S/C32H37N3O2/c1-37-26-12-9-22(10-13-26)20-34-18-15-27-23(5-2-8-29(27)34)19-24-11-14-30-28-7-4-17-33-16-3-6-25(31(28)33)21-35(30)32(24)36/h2,5,8-10,12-13,15,18-19,25,28,30-31H,3-4,6-7,11,14,16-17,20-21H2,1H3/b24-19+/t25-,28+,30+,31-/m0/s1. The van der Waals surface area contributed by atoms with Crippen molar-refractivity contribution in [2.75, 3.05) is 26.7 Å². The van der Waals surface area contributed by atoms with Gasteiger partial charge in [-0.15, -0.1) is 0 Å². The van der Waals surface area contributed by atoms with Crippen molar-refractivity contribution >= 4 is 22.9 Å². The number of piperidine rings is 4. The summed E-state index contributed by atoms with van der Waals surface area (Å²) < 4.78 is 7.60. The summed E-state index contributed by atoms with van der Waals surface area (Å²) in [4.78, 5) is 18.9. The highest BCUT2D eigenvalue weighted by atomic mass is 16.5. The van der Waals surface area contributed by atoms with Crippen LogP contribution >= 0.6 is 0 Å². The zero-order chi connectivity index (χ0) is 24.9. The second kappa shape index (κ2) is 9.36. The van der Waals surface area contributed by atoms with Gasteiger partial charge in [-0.3, -0.25) is 9.69 Å². The van der Waals surface area contributed by atoms with Crippen LogP contribution in [0.1, 0.15) is 49.7 Å². The Labute approximate surface area is 219 Å². The van der Waals surface area contributed by atoms with Crippen LogP contribution in [-0.2, 0) is 11.3 Å². The minimum atomic E-state index is 0.298. The highest BCUT2D eigenvalue weighted by Crippen LogP contribution is 2.45. The quantitative estimate of drug-likeness (QED) is 0.444. The van der Waals surface area contributed by atoms with E-state index in [9.17, 15) is 4.79 Å². The molecule has 0 bridgehead atoms. The molecule has 1 amide bonds. The van der Waals surface area contributed by atoms with Gasteiger partial charge in [0, 0.05) is 47.8 Å². The molecule has 4 atom stereocenters. The van der Waals surface area contributed by atoms with Crippen molar-refractivity contribution < 1.29 is 9.53 Å². The molecule has 1 aromatic heterocycles. The lowest BCUT2D eigenvalue weighted by molar-refractivity contribution is -0.145. The summed E-state index contributed by atoms with van der Waals surface area (Å²) in [5.74, 6) is 2.51. The van der Waals surface area contributed by atoms with E-state index < -0.39 is 0 Å². The Hall–Kier alpha value is -3.05. The second-order valence-corrected chi connectivity index (χ2v) is 11.5. The van der Waals surface area contributed by atoms with Crippen molar-refractivity contribution in [3.63, 3.8) is 0 Å². The molecule has 0 saturated carbocycles. The smallest absolute Gasteiger partial charge is 0.250 e. The summed E-state index contributed by atoms with van der Waals surface area (Å²) in [6.45, 7) is 4.31. The number of methoxy groups -OCH3 is 1. The number of hydrogen-bond donors (Lipinski definition) is 0. The highest BCUT2D eigenvalue weighted by molar-refractivity contribution is 6.01. The summed E-state index contributed by atoms with van der Waals surface area (Å²) in [5, 5.41) is 1.22. The molecule has 192 valence electrons. The average molecular weight is 496 g/mol. The van der Waals surface area contributed by atoms with E-state index in [2.05, 4.69) is 63.0 Å². The summed E-state index contributed by atoms with van der Waals surface area (Å²) in [6, 6.07) is 18.1. The predicted molar refractivity (Wildman–Crippen MR) is 148 cm³/mol. The van der Waals surface area contributed by atoms with Gasteiger partial charge in [-0.1, -0.05) is 24.3 Å². The molecule has 0 N–H and O–H groups in total. The molecule has 4 fully saturated rings. The second-order valence-electron chi connectivity index (χ2n) is 11.5. The van der Waals surface area contributed by atoms with Crippen LogP contribution in [-0.4, -0.2) is 59.1 Å². The van der Waals surface area contributed by atoms with Crippen molar-refractivity contribution in [3.05, 3.63) is 71.4 Å². The van der Waals surface area contributed by atoms with Crippen molar-refractivity contribution in [2.45, 2.75) is 57.2 Å². The van der Waals surface area contributed by atoms with Crippen LogP contribution < -0.4 is 4.74 Å². The Morgan fingerprint density at radius 2 is 1.84 bits per heavy atom. The van der Waals surface area contributed by atoms with Gasteiger partial charge in [0.25, 0.3) is 0 Å². The first-order valence-electron chi connectivity index (χ1n) is 14.2. The van der Waals surface area contributed by atoms with E-state index in [1.165, 1.54) is 55.2 Å². The first kappa shape index (κ1) is 23.1. The molecule has 4 aliphatic heterocycles. The topological polar surface area (TPSA) is 37.7 Å². The fraction of sp³-hybridized carbons (Fsp3) is 0.469. The van der Waals surface area contributed by atoms with E-state index in [1.807, 2.05) is 12.1 Å². The van der Waals surface area contributed by atoms with E-state index in [1.54, 1.807) is 7.11 Å². The number of amides is 1. The zero-order valence-corrected chi connectivity index (χ0v) is 21.8. The number of aromatic nitrogens is 1. The number of ether oxygens (including phenoxy) is 1. The number of rotatable bonds is 4. The molecule has 4 aliphatic rings.